The molecular weight excluding hydrogens is 228 g/mol. The Morgan fingerprint density at radius 1 is 1.56 bits per heavy atom. The molecule has 4 nitrogen and oxygen atoms in total. The Balaban J connectivity index is 2.46. The molecule has 0 spiro atoms. The van der Waals surface area contributed by atoms with Gasteiger partial charge in [0.1, 0.15) is 5.52 Å². The number of halogens is 1. The number of nitrogens with zero attached hydrogens (tertiary/aromatic N) is 2. The third-order valence-electron chi connectivity index (χ3n) is 2.10. The molecule has 2 aromatic rings. The lowest BCUT2D eigenvalue weighted by atomic mass is 10.1. The molecule has 2 rings (SSSR count). The van der Waals surface area contributed by atoms with Crippen molar-refractivity contribution in [3.8, 4) is 6.07 Å². The molecule has 80 valence electrons. The maximum absolute atomic E-state index is 11.3. The number of aromatic nitrogens is 1. The lowest BCUT2D eigenvalue weighted by molar-refractivity contribution is 0.0986. The zero-order valence-electron chi connectivity index (χ0n) is 8.24. The molecule has 1 aromatic carbocycles. The van der Waals surface area contributed by atoms with Crippen molar-refractivity contribution in [3.05, 3.63) is 29.7 Å². The van der Waals surface area contributed by atoms with Crippen LogP contribution in [0.3, 0.4) is 0 Å². The number of ketones is 1. The molecule has 5 heteroatoms. The van der Waals surface area contributed by atoms with E-state index in [9.17, 15) is 4.79 Å². The molecule has 0 aliphatic rings. The molecule has 0 atom stereocenters. The smallest absolute Gasteiger partial charge is 0.265 e. The number of benzene rings is 1. The third kappa shape index (κ3) is 1.90. The standard InChI is InChI=1S/C11H7ClN2O2/c12-6-9(15)11-14-8-2-1-7(3-4-13)5-10(8)16-11/h1-2,5H,3,6H2. The van der Waals surface area contributed by atoms with Gasteiger partial charge in [-0.3, -0.25) is 4.79 Å². The molecule has 16 heavy (non-hydrogen) atoms. The average Bonchev–Trinajstić information content (AvgIpc) is 2.71. The molecule has 0 fully saturated rings. The minimum Gasteiger partial charge on any atom is -0.434 e. The van der Waals surface area contributed by atoms with Crippen molar-refractivity contribution in [3.63, 3.8) is 0 Å². The Bertz CT molecular complexity index is 583. The molecule has 0 N–H and O–H groups in total. The summed E-state index contributed by atoms with van der Waals surface area (Å²) in [5.41, 5.74) is 1.92. The second-order valence-corrected chi connectivity index (χ2v) is 3.48. The van der Waals surface area contributed by atoms with Crippen LogP contribution in [0.25, 0.3) is 11.1 Å². The van der Waals surface area contributed by atoms with Crippen LogP contribution in [0.4, 0.5) is 0 Å². The van der Waals surface area contributed by atoms with Gasteiger partial charge in [-0.2, -0.15) is 5.26 Å². The highest BCUT2D eigenvalue weighted by Crippen LogP contribution is 2.18. The van der Waals surface area contributed by atoms with Crippen molar-refractivity contribution in [2.24, 2.45) is 0 Å². The van der Waals surface area contributed by atoms with Crippen molar-refractivity contribution >= 4 is 28.5 Å². The zero-order valence-corrected chi connectivity index (χ0v) is 8.99. The van der Waals surface area contributed by atoms with Gasteiger partial charge >= 0.3 is 0 Å². The van der Waals surface area contributed by atoms with E-state index >= 15 is 0 Å². The monoisotopic (exact) mass is 234 g/mol. The molecular formula is C11H7ClN2O2. The number of rotatable bonds is 3. The van der Waals surface area contributed by atoms with E-state index in [2.05, 4.69) is 4.98 Å². The van der Waals surface area contributed by atoms with Crippen molar-refractivity contribution in [1.82, 2.24) is 4.98 Å². The first kappa shape index (κ1) is 10.7. The molecule has 1 heterocycles. The maximum atomic E-state index is 11.3. The SMILES string of the molecule is N#CCc1ccc2nc(C(=O)CCl)oc2c1. The van der Waals surface area contributed by atoms with Crippen LogP contribution in [-0.2, 0) is 6.42 Å². The molecule has 0 saturated carbocycles. The number of nitriles is 1. The van der Waals surface area contributed by atoms with Gasteiger partial charge in [0.25, 0.3) is 5.89 Å². The van der Waals surface area contributed by atoms with Gasteiger partial charge in [-0.15, -0.1) is 11.6 Å². The lowest BCUT2D eigenvalue weighted by Gasteiger charge is -1.91. The van der Waals surface area contributed by atoms with Crippen LogP contribution < -0.4 is 0 Å². The maximum Gasteiger partial charge on any atom is 0.265 e. The predicted molar refractivity (Wildman–Crippen MR) is 58.4 cm³/mol. The summed E-state index contributed by atoms with van der Waals surface area (Å²) in [7, 11) is 0. The molecule has 0 aliphatic heterocycles. The fraction of sp³-hybridized carbons (Fsp3) is 0.182. The van der Waals surface area contributed by atoms with E-state index in [0.717, 1.165) is 5.56 Å². The quantitative estimate of drug-likeness (QED) is 0.604. The Morgan fingerprint density at radius 3 is 3.06 bits per heavy atom. The number of hydrogen-bond donors (Lipinski definition) is 0. The number of carbonyl (C=O) groups excluding carboxylic acids is 1. The summed E-state index contributed by atoms with van der Waals surface area (Å²) < 4.78 is 5.25. The van der Waals surface area contributed by atoms with Gasteiger partial charge in [-0.1, -0.05) is 6.07 Å². The van der Waals surface area contributed by atoms with Crippen molar-refractivity contribution in [2.45, 2.75) is 6.42 Å². The van der Waals surface area contributed by atoms with Gasteiger partial charge in [0.2, 0.25) is 5.78 Å². The minimum absolute atomic E-state index is 0.0131. The van der Waals surface area contributed by atoms with Gasteiger partial charge in [-0.05, 0) is 17.7 Å². The topological polar surface area (TPSA) is 66.9 Å². The fourth-order valence-electron chi connectivity index (χ4n) is 1.35. The van der Waals surface area contributed by atoms with E-state index in [1.165, 1.54) is 0 Å². The van der Waals surface area contributed by atoms with Crippen LogP contribution in [0.15, 0.2) is 22.6 Å². The molecule has 0 radical (unpaired) electrons. The van der Waals surface area contributed by atoms with Crippen LogP contribution in [0.1, 0.15) is 16.2 Å². The normalized spacial score (nSPS) is 10.2. The highest BCUT2D eigenvalue weighted by Gasteiger charge is 2.13. The third-order valence-corrected chi connectivity index (χ3v) is 2.34. The summed E-state index contributed by atoms with van der Waals surface area (Å²) in [5, 5.41) is 8.56. The predicted octanol–water partition coefficient (Wildman–Crippen LogP) is 2.32. The van der Waals surface area contributed by atoms with E-state index < -0.39 is 0 Å². The van der Waals surface area contributed by atoms with Crippen molar-refractivity contribution < 1.29 is 9.21 Å². The number of fused-ring (bicyclic) bond motifs is 1. The minimum atomic E-state index is -0.348. The number of alkyl halides is 1. The van der Waals surface area contributed by atoms with E-state index in [0.29, 0.717) is 17.5 Å². The molecule has 1 aromatic heterocycles. The van der Waals surface area contributed by atoms with E-state index in [4.69, 9.17) is 21.3 Å². The molecule has 0 saturated heterocycles. The van der Waals surface area contributed by atoms with E-state index in [-0.39, 0.29) is 17.6 Å². The number of oxazole rings is 1. The molecule has 0 unspecified atom stereocenters. The average molecular weight is 235 g/mol. The lowest BCUT2D eigenvalue weighted by Crippen LogP contribution is -1.99. The van der Waals surface area contributed by atoms with Gasteiger partial charge in [-0.25, -0.2) is 4.98 Å². The summed E-state index contributed by atoms with van der Waals surface area (Å²) in [4.78, 5) is 15.3. The summed E-state index contributed by atoms with van der Waals surface area (Å²) in [6, 6.07) is 7.24. The van der Waals surface area contributed by atoms with E-state index in [1.54, 1.807) is 18.2 Å². The Kier molecular flexibility index (Phi) is 2.88. The Morgan fingerprint density at radius 2 is 2.38 bits per heavy atom. The van der Waals surface area contributed by atoms with Gasteiger partial charge in [0, 0.05) is 0 Å². The molecule has 0 amide bonds. The second-order valence-electron chi connectivity index (χ2n) is 3.21. The van der Waals surface area contributed by atoms with Gasteiger partial charge in [0.15, 0.2) is 5.58 Å². The van der Waals surface area contributed by atoms with Gasteiger partial charge in [0.05, 0.1) is 18.4 Å². The first-order valence-corrected chi connectivity index (χ1v) is 5.13. The van der Waals surface area contributed by atoms with Crippen LogP contribution in [-0.4, -0.2) is 16.6 Å². The highest BCUT2D eigenvalue weighted by atomic mass is 35.5. The molecule has 0 bridgehead atoms. The highest BCUT2D eigenvalue weighted by molar-refractivity contribution is 6.29. The fourth-order valence-corrected chi connectivity index (χ4v) is 1.46. The zero-order chi connectivity index (χ0) is 11.5. The summed E-state index contributed by atoms with van der Waals surface area (Å²) in [6.07, 6.45) is 0.301. The van der Waals surface area contributed by atoms with Gasteiger partial charge < -0.3 is 4.42 Å². The number of hydrogen-bond acceptors (Lipinski definition) is 4. The summed E-state index contributed by atoms with van der Waals surface area (Å²) >= 11 is 5.40. The number of Topliss-reactive ketones (excluding diaryl/α,β-unsaturated/α-hetero) is 1. The summed E-state index contributed by atoms with van der Waals surface area (Å²) in [5.74, 6) is -0.489. The van der Waals surface area contributed by atoms with Crippen LogP contribution in [0.2, 0.25) is 0 Å². The summed E-state index contributed by atoms with van der Waals surface area (Å²) in [6.45, 7) is 0. The first-order chi connectivity index (χ1) is 7.74. The largest absolute Gasteiger partial charge is 0.434 e. The second kappa shape index (κ2) is 4.33. The van der Waals surface area contributed by atoms with Crippen molar-refractivity contribution in [1.29, 1.82) is 5.26 Å². The molecule has 0 aliphatic carbocycles. The van der Waals surface area contributed by atoms with E-state index in [1.807, 2.05) is 6.07 Å². The number of carbonyl (C=O) groups is 1. The van der Waals surface area contributed by atoms with Crippen LogP contribution in [0, 0.1) is 11.3 Å². The Labute approximate surface area is 96.4 Å². The Hall–Kier alpha value is -1.86. The van der Waals surface area contributed by atoms with Crippen LogP contribution >= 0.6 is 11.6 Å². The van der Waals surface area contributed by atoms with Crippen molar-refractivity contribution in [2.75, 3.05) is 5.88 Å². The van der Waals surface area contributed by atoms with Crippen LogP contribution in [0.5, 0.6) is 0 Å². The first-order valence-electron chi connectivity index (χ1n) is 4.60.